The van der Waals surface area contributed by atoms with E-state index >= 15 is 0 Å². The average molecular weight is 388 g/mol. The van der Waals surface area contributed by atoms with Gasteiger partial charge in [-0.2, -0.15) is 4.31 Å². The van der Waals surface area contributed by atoms with Crippen molar-refractivity contribution in [2.75, 3.05) is 26.2 Å². The number of hydrogen-bond acceptors (Lipinski definition) is 4. The number of nitrogens with zero attached hydrogens (tertiary/aromatic N) is 2. The molecule has 2 aromatic rings. The second-order valence-electron chi connectivity index (χ2n) is 6.62. The molecule has 1 atom stereocenters. The molecule has 0 aliphatic carbocycles. The number of ether oxygens (including phenoxy) is 1. The second kappa shape index (κ2) is 8.10. The molecular formula is C20H24N2O4S. The summed E-state index contributed by atoms with van der Waals surface area (Å²) in [7, 11) is -3.53. The Hall–Kier alpha value is -2.38. The quantitative estimate of drug-likeness (QED) is 0.788. The van der Waals surface area contributed by atoms with Crippen molar-refractivity contribution >= 4 is 15.9 Å². The summed E-state index contributed by atoms with van der Waals surface area (Å²) in [5.41, 5.74) is 1.01. The molecule has 1 fully saturated rings. The van der Waals surface area contributed by atoms with E-state index in [4.69, 9.17) is 4.74 Å². The highest BCUT2D eigenvalue weighted by Gasteiger charge is 2.31. The number of sulfonamides is 1. The highest BCUT2D eigenvalue weighted by atomic mass is 32.2. The molecule has 1 heterocycles. The molecule has 0 N–H and O–H groups in total. The highest BCUT2D eigenvalue weighted by Crippen LogP contribution is 2.19. The van der Waals surface area contributed by atoms with Gasteiger partial charge < -0.3 is 9.64 Å². The molecule has 1 saturated heterocycles. The number of carbonyl (C=O) groups excluding carboxylic acids is 1. The molecule has 0 aromatic heterocycles. The zero-order valence-electron chi connectivity index (χ0n) is 15.5. The first-order valence-corrected chi connectivity index (χ1v) is 10.4. The molecule has 2 aromatic carbocycles. The lowest BCUT2D eigenvalue weighted by Crippen LogP contribution is -2.53. The summed E-state index contributed by atoms with van der Waals surface area (Å²) in [4.78, 5) is 14.5. The summed E-state index contributed by atoms with van der Waals surface area (Å²) in [6.07, 6.45) is -0.618. The van der Waals surface area contributed by atoms with Gasteiger partial charge in [0.05, 0.1) is 4.90 Å². The van der Waals surface area contributed by atoms with Crippen molar-refractivity contribution in [1.82, 2.24) is 9.21 Å². The Labute approximate surface area is 160 Å². The van der Waals surface area contributed by atoms with Gasteiger partial charge in [-0.15, -0.1) is 0 Å². The lowest BCUT2D eigenvalue weighted by molar-refractivity contribution is -0.139. The van der Waals surface area contributed by atoms with Crippen LogP contribution in [-0.4, -0.2) is 55.8 Å². The number of benzene rings is 2. The van der Waals surface area contributed by atoms with Crippen molar-refractivity contribution in [2.24, 2.45) is 0 Å². The maximum Gasteiger partial charge on any atom is 0.263 e. The average Bonchev–Trinajstić information content (AvgIpc) is 2.68. The maximum absolute atomic E-state index is 12.7. The molecule has 6 nitrogen and oxygen atoms in total. The molecule has 1 aliphatic rings. The molecule has 0 saturated carbocycles. The molecular weight excluding hydrogens is 364 g/mol. The highest BCUT2D eigenvalue weighted by molar-refractivity contribution is 7.89. The molecule has 0 unspecified atom stereocenters. The van der Waals surface area contributed by atoms with Crippen LogP contribution in [0.15, 0.2) is 59.5 Å². The van der Waals surface area contributed by atoms with E-state index in [-0.39, 0.29) is 23.9 Å². The molecule has 3 rings (SSSR count). The fraction of sp³-hybridized carbons (Fsp3) is 0.350. The van der Waals surface area contributed by atoms with E-state index in [0.717, 1.165) is 5.56 Å². The summed E-state index contributed by atoms with van der Waals surface area (Å²) in [6, 6.07) is 16.0. The van der Waals surface area contributed by atoms with Gasteiger partial charge in [0.15, 0.2) is 6.10 Å². The number of hydrogen-bond donors (Lipinski definition) is 0. The zero-order chi connectivity index (χ0) is 19.4. The predicted octanol–water partition coefficient (Wildman–Crippen LogP) is 2.30. The molecule has 0 radical (unpaired) electrons. The van der Waals surface area contributed by atoms with Crippen LogP contribution >= 0.6 is 0 Å². The summed E-state index contributed by atoms with van der Waals surface area (Å²) < 4.78 is 32.6. The van der Waals surface area contributed by atoms with Gasteiger partial charge in [-0.3, -0.25) is 4.79 Å². The Morgan fingerprint density at radius 3 is 2.15 bits per heavy atom. The van der Waals surface area contributed by atoms with Gasteiger partial charge in [-0.1, -0.05) is 35.9 Å². The van der Waals surface area contributed by atoms with Crippen molar-refractivity contribution in [3.8, 4) is 5.75 Å². The molecule has 0 bridgehead atoms. The van der Waals surface area contributed by atoms with Crippen LogP contribution in [-0.2, 0) is 14.8 Å². The van der Waals surface area contributed by atoms with E-state index < -0.39 is 16.1 Å². The Morgan fingerprint density at radius 1 is 0.963 bits per heavy atom. The minimum absolute atomic E-state index is 0.133. The lowest BCUT2D eigenvalue weighted by atomic mass is 10.2. The largest absolute Gasteiger partial charge is 0.481 e. The summed E-state index contributed by atoms with van der Waals surface area (Å²) >= 11 is 0. The number of rotatable bonds is 5. The minimum atomic E-state index is -3.53. The van der Waals surface area contributed by atoms with Crippen LogP contribution in [0.25, 0.3) is 0 Å². The van der Waals surface area contributed by atoms with Crippen LogP contribution < -0.4 is 4.74 Å². The van der Waals surface area contributed by atoms with Gasteiger partial charge >= 0.3 is 0 Å². The second-order valence-corrected chi connectivity index (χ2v) is 8.55. The third-order valence-corrected chi connectivity index (χ3v) is 6.53. The van der Waals surface area contributed by atoms with E-state index in [1.807, 2.05) is 25.1 Å². The van der Waals surface area contributed by atoms with Gasteiger partial charge in [0.2, 0.25) is 10.0 Å². The molecule has 0 spiro atoms. The van der Waals surface area contributed by atoms with Crippen LogP contribution in [0, 0.1) is 6.92 Å². The van der Waals surface area contributed by atoms with Crippen molar-refractivity contribution in [1.29, 1.82) is 0 Å². The fourth-order valence-electron chi connectivity index (χ4n) is 3.02. The molecule has 7 heteroatoms. The van der Waals surface area contributed by atoms with Crippen LogP contribution in [0.1, 0.15) is 12.5 Å². The first kappa shape index (κ1) is 19.4. The van der Waals surface area contributed by atoms with E-state index in [0.29, 0.717) is 18.8 Å². The van der Waals surface area contributed by atoms with Crippen LogP contribution in [0.2, 0.25) is 0 Å². The number of piperazine rings is 1. The normalized spacial score (nSPS) is 16.7. The Balaban J connectivity index is 1.59. The Kier molecular flexibility index (Phi) is 5.82. The van der Waals surface area contributed by atoms with Gasteiger partial charge in [-0.05, 0) is 38.1 Å². The standard InChI is InChI=1S/C20H24N2O4S/c1-16-8-10-19(11-9-16)27(24,25)22-14-12-21(13-15-22)20(23)17(2)26-18-6-4-3-5-7-18/h3-11,17H,12-15H2,1-2H3/t17-/m0/s1. The summed E-state index contributed by atoms with van der Waals surface area (Å²) in [5, 5.41) is 0. The molecule has 1 aliphatic heterocycles. The van der Waals surface area contributed by atoms with Crippen molar-refractivity contribution in [2.45, 2.75) is 24.8 Å². The van der Waals surface area contributed by atoms with E-state index in [2.05, 4.69) is 0 Å². The monoisotopic (exact) mass is 388 g/mol. The predicted molar refractivity (Wildman–Crippen MR) is 103 cm³/mol. The fourth-order valence-corrected chi connectivity index (χ4v) is 4.44. The van der Waals surface area contributed by atoms with Crippen molar-refractivity contribution in [3.63, 3.8) is 0 Å². The minimum Gasteiger partial charge on any atom is -0.481 e. The smallest absolute Gasteiger partial charge is 0.263 e. The maximum atomic E-state index is 12.7. The topological polar surface area (TPSA) is 66.9 Å². The van der Waals surface area contributed by atoms with Crippen molar-refractivity contribution in [3.05, 3.63) is 60.2 Å². The third-order valence-electron chi connectivity index (χ3n) is 4.61. The number of amides is 1. The first-order chi connectivity index (χ1) is 12.9. The number of aryl methyl sites for hydroxylation is 1. The summed E-state index contributed by atoms with van der Waals surface area (Å²) in [6.45, 7) is 4.89. The van der Waals surface area contributed by atoms with Gasteiger partial charge in [0.1, 0.15) is 5.75 Å². The van der Waals surface area contributed by atoms with E-state index in [1.165, 1.54) is 4.31 Å². The van der Waals surface area contributed by atoms with Gasteiger partial charge in [0.25, 0.3) is 5.91 Å². The molecule has 27 heavy (non-hydrogen) atoms. The molecule has 144 valence electrons. The first-order valence-electron chi connectivity index (χ1n) is 8.95. The lowest BCUT2D eigenvalue weighted by Gasteiger charge is -2.35. The zero-order valence-corrected chi connectivity index (χ0v) is 16.4. The number of carbonyl (C=O) groups is 1. The number of para-hydroxylation sites is 1. The van der Waals surface area contributed by atoms with Gasteiger partial charge in [-0.25, -0.2) is 8.42 Å². The van der Waals surface area contributed by atoms with Crippen LogP contribution in [0.5, 0.6) is 5.75 Å². The SMILES string of the molecule is Cc1ccc(S(=O)(=O)N2CCN(C(=O)[C@H](C)Oc3ccccc3)CC2)cc1. The summed E-state index contributed by atoms with van der Waals surface area (Å²) in [5.74, 6) is 0.505. The molecule has 1 amide bonds. The van der Waals surface area contributed by atoms with Crippen LogP contribution in [0.3, 0.4) is 0 Å². The van der Waals surface area contributed by atoms with E-state index in [1.54, 1.807) is 48.2 Å². The Bertz CT molecular complexity index is 874. The Morgan fingerprint density at radius 2 is 1.56 bits per heavy atom. The third kappa shape index (κ3) is 4.48. The van der Waals surface area contributed by atoms with Crippen LogP contribution in [0.4, 0.5) is 0 Å². The van der Waals surface area contributed by atoms with Gasteiger partial charge in [0, 0.05) is 26.2 Å². The van der Waals surface area contributed by atoms with E-state index in [9.17, 15) is 13.2 Å². The van der Waals surface area contributed by atoms with Crippen molar-refractivity contribution < 1.29 is 17.9 Å².